The number of halogens is 1. The van der Waals surface area contributed by atoms with Gasteiger partial charge in [-0.3, -0.25) is 14.6 Å². The molecule has 8 heteroatoms. The first-order valence-corrected chi connectivity index (χ1v) is 12.7. The van der Waals surface area contributed by atoms with Gasteiger partial charge in [0.1, 0.15) is 11.5 Å². The fourth-order valence-corrected chi connectivity index (χ4v) is 4.86. The molecule has 0 unspecified atom stereocenters. The fraction of sp³-hybridized carbons (Fsp3) is 0.286. The first-order chi connectivity index (χ1) is 17.4. The molecule has 2 N–H and O–H groups in total. The van der Waals surface area contributed by atoms with Gasteiger partial charge < -0.3 is 15.2 Å². The second-order valence-corrected chi connectivity index (χ2v) is 9.88. The van der Waals surface area contributed by atoms with Crippen LogP contribution in [-0.2, 0) is 11.3 Å². The number of likely N-dealkylation sites (tertiary alicyclic amines) is 1. The highest BCUT2D eigenvalue weighted by Crippen LogP contribution is 2.24. The summed E-state index contributed by atoms with van der Waals surface area (Å²) in [5.41, 5.74) is 2.08. The highest BCUT2D eigenvalue weighted by atomic mass is 79.9. The molecule has 0 aliphatic carbocycles. The number of hydrogen-bond donors (Lipinski definition) is 2. The number of rotatable bonds is 9. The topological polar surface area (TPSA) is 82.1 Å². The summed E-state index contributed by atoms with van der Waals surface area (Å²) < 4.78 is 6.61. The third-order valence-electron chi connectivity index (χ3n) is 6.38. The van der Waals surface area contributed by atoms with Crippen LogP contribution in [0, 0.1) is 0 Å². The van der Waals surface area contributed by atoms with E-state index in [0.717, 1.165) is 59.7 Å². The molecular weight excluding hydrogens is 522 g/mol. The van der Waals surface area contributed by atoms with Gasteiger partial charge in [0.05, 0.1) is 12.1 Å². The van der Waals surface area contributed by atoms with Crippen molar-refractivity contribution in [3.63, 3.8) is 0 Å². The summed E-state index contributed by atoms with van der Waals surface area (Å²) >= 11 is 3.50. The Hall–Kier alpha value is -3.20. The van der Waals surface area contributed by atoms with Gasteiger partial charge in [0.2, 0.25) is 5.91 Å². The lowest BCUT2D eigenvalue weighted by Crippen LogP contribution is -2.45. The number of benzene rings is 3. The zero-order valence-electron chi connectivity index (χ0n) is 20.2. The van der Waals surface area contributed by atoms with Crippen molar-refractivity contribution in [1.82, 2.24) is 9.80 Å². The Labute approximate surface area is 219 Å². The van der Waals surface area contributed by atoms with Crippen LogP contribution in [0.1, 0.15) is 28.8 Å². The molecule has 0 radical (unpaired) electrons. The van der Waals surface area contributed by atoms with E-state index in [0.29, 0.717) is 12.6 Å². The highest BCUT2D eigenvalue weighted by molar-refractivity contribution is 9.10. The number of carboxylic acids is 1. The molecule has 0 bridgehead atoms. The first kappa shape index (κ1) is 25.9. The Morgan fingerprint density at radius 2 is 1.69 bits per heavy atom. The van der Waals surface area contributed by atoms with Crippen LogP contribution < -0.4 is 10.1 Å². The van der Waals surface area contributed by atoms with Crippen LogP contribution in [0.15, 0.2) is 77.3 Å². The smallest absolute Gasteiger partial charge is 0.335 e. The van der Waals surface area contributed by atoms with Crippen molar-refractivity contribution >= 4 is 33.5 Å². The van der Waals surface area contributed by atoms with Gasteiger partial charge in [-0.2, -0.15) is 0 Å². The molecular formula is C28H30BrN3O4. The lowest BCUT2D eigenvalue weighted by molar-refractivity contribution is -0.117. The normalized spacial score (nSPS) is 14.5. The van der Waals surface area contributed by atoms with E-state index < -0.39 is 5.97 Å². The Balaban J connectivity index is 1.21. The molecule has 1 heterocycles. The molecule has 3 aromatic carbocycles. The number of carboxylic acid groups (broad SMARTS) is 1. The van der Waals surface area contributed by atoms with E-state index in [4.69, 9.17) is 9.84 Å². The van der Waals surface area contributed by atoms with Crippen LogP contribution in [0.3, 0.4) is 0 Å². The first-order valence-electron chi connectivity index (χ1n) is 11.9. The summed E-state index contributed by atoms with van der Waals surface area (Å²) in [4.78, 5) is 28.2. The van der Waals surface area contributed by atoms with Gasteiger partial charge in [-0.15, -0.1) is 0 Å². The SMILES string of the molecule is CN(Cc1ccc(C(=O)O)cc1Br)C1CCN(CC(=O)Nc2ccc(Oc3ccccc3)cc2)CC1. The number of ether oxygens (including phenoxy) is 1. The van der Waals surface area contributed by atoms with Crippen LogP contribution in [0.4, 0.5) is 5.69 Å². The van der Waals surface area contributed by atoms with E-state index in [-0.39, 0.29) is 11.5 Å². The van der Waals surface area contributed by atoms with Crippen LogP contribution in [0.2, 0.25) is 0 Å². The number of hydrogen-bond acceptors (Lipinski definition) is 5. The minimum absolute atomic E-state index is 0.0269. The summed E-state index contributed by atoms with van der Waals surface area (Å²) in [5, 5.41) is 12.1. The Kier molecular flexibility index (Phi) is 8.74. The maximum atomic E-state index is 12.6. The number of nitrogens with one attached hydrogen (secondary N) is 1. The van der Waals surface area contributed by atoms with E-state index in [2.05, 4.69) is 38.1 Å². The maximum Gasteiger partial charge on any atom is 0.335 e. The van der Waals surface area contributed by atoms with Gasteiger partial charge in [-0.05, 0) is 74.0 Å². The highest BCUT2D eigenvalue weighted by Gasteiger charge is 2.24. The largest absolute Gasteiger partial charge is 0.478 e. The Morgan fingerprint density at radius 1 is 1.03 bits per heavy atom. The molecule has 3 aromatic rings. The van der Waals surface area contributed by atoms with Gasteiger partial charge in [-0.1, -0.05) is 40.2 Å². The number of anilines is 1. The van der Waals surface area contributed by atoms with Crippen molar-refractivity contribution in [3.05, 3.63) is 88.4 Å². The summed E-state index contributed by atoms with van der Waals surface area (Å²) in [6, 6.07) is 22.5. The molecule has 0 spiro atoms. The van der Waals surface area contributed by atoms with E-state index in [1.807, 2.05) is 60.7 Å². The molecule has 0 saturated carbocycles. The van der Waals surface area contributed by atoms with Gasteiger partial charge in [-0.25, -0.2) is 4.79 Å². The summed E-state index contributed by atoms with van der Waals surface area (Å²) in [6.45, 7) is 2.80. The molecule has 0 atom stereocenters. The van der Waals surface area contributed by atoms with E-state index in [1.54, 1.807) is 12.1 Å². The van der Waals surface area contributed by atoms with Crippen molar-refractivity contribution < 1.29 is 19.4 Å². The van der Waals surface area contributed by atoms with Crippen molar-refractivity contribution in [3.8, 4) is 11.5 Å². The number of amides is 1. The molecule has 1 aliphatic heterocycles. The summed E-state index contributed by atoms with van der Waals surface area (Å²) in [5.74, 6) is 0.532. The predicted octanol–water partition coefficient (Wildman–Crippen LogP) is 5.47. The van der Waals surface area contributed by atoms with Gasteiger partial charge in [0.25, 0.3) is 0 Å². The zero-order chi connectivity index (χ0) is 25.5. The number of para-hydroxylation sites is 1. The van der Waals surface area contributed by atoms with Crippen molar-refractivity contribution in [1.29, 1.82) is 0 Å². The zero-order valence-corrected chi connectivity index (χ0v) is 21.8. The molecule has 7 nitrogen and oxygen atoms in total. The quantitative estimate of drug-likeness (QED) is 0.366. The molecule has 188 valence electrons. The van der Waals surface area contributed by atoms with Gasteiger partial charge in [0.15, 0.2) is 0 Å². The lowest BCUT2D eigenvalue weighted by Gasteiger charge is -2.36. The molecule has 1 fully saturated rings. The Morgan fingerprint density at radius 3 is 2.33 bits per heavy atom. The van der Waals surface area contributed by atoms with Crippen molar-refractivity contribution in [2.24, 2.45) is 0 Å². The molecule has 1 saturated heterocycles. The van der Waals surface area contributed by atoms with Crippen LogP contribution >= 0.6 is 15.9 Å². The molecule has 36 heavy (non-hydrogen) atoms. The summed E-state index contributed by atoms with van der Waals surface area (Å²) in [6.07, 6.45) is 1.94. The predicted molar refractivity (Wildman–Crippen MR) is 144 cm³/mol. The standard InChI is InChI=1S/C28H30BrN3O4/c1-31(18-21-8-7-20(28(34)35)17-26(21)29)23-13-15-32(16-14-23)19-27(33)30-22-9-11-25(12-10-22)36-24-5-3-2-4-6-24/h2-12,17,23H,13-16,18-19H2,1H3,(H,30,33)(H,34,35). The number of carbonyl (C=O) groups is 2. The van der Waals surface area contributed by atoms with Crippen LogP contribution in [-0.4, -0.2) is 59.5 Å². The number of nitrogens with zero attached hydrogens (tertiary/aromatic N) is 2. The van der Waals surface area contributed by atoms with Crippen molar-refractivity contribution in [2.75, 3.05) is 32.0 Å². The number of aromatic carboxylic acids is 1. The second-order valence-electron chi connectivity index (χ2n) is 9.02. The van der Waals surface area contributed by atoms with Gasteiger partial charge >= 0.3 is 5.97 Å². The average molecular weight is 552 g/mol. The number of piperidine rings is 1. The van der Waals surface area contributed by atoms with E-state index >= 15 is 0 Å². The summed E-state index contributed by atoms with van der Waals surface area (Å²) in [7, 11) is 2.09. The minimum atomic E-state index is -0.930. The van der Waals surface area contributed by atoms with Gasteiger partial charge in [0, 0.05) is 35.8 Å². The third-order valence-corrected chi connectivity index (χ3v) is 7.12. The third kappa shape index (κ3) is 7.16. The average Bonchev–Trinajstić information content (AvgIpc) is 2.87. The van der Waals surface area contributed by atoms with Crippen molar-refractivity contribution in [2.45, 2.75) is 25.4 Å². The maximum absolute atomic E-state index is 12.6. The number of carbonyl (C=O) groups excluding carboxylic acids is 1. The molecule has 1 aliphatic rings. The minimum Gasteiger partial charge on any atom is -0.478 e. The van der Waals surface area contributed by atoms with E-state index in [1.165, 1.54) is 0 Å². The van der Waals surface area contributed by atoms with E-state index in [9.17, 15) is 9.59 Å². The van der Waals surface area contributed by atoms with Crippen LogP contribution in [0.5, 0.6) is 11.5 Å². The molecule has 1 amide bonds. The molecule has 4 rings (SSSR count). The Bertz CT molecular complexity index is 1180. The monoisotopic (exact) mass is 551 g/mol. The molecule has 0 aromatic heterocycles. The second kappa shape index (κ2) is 12.2. The fourth-order valence-electron chi connectivity index (χ4n) is 4.36. The lowest BCUT2D eigenvalue weighted by atomic mass is 10.0. The van der Waals surface area contributed by atoms with Crippen LogP contribution in [0.25, 0.3) is 0 Å².